The van der Waals surface area contributed by atoms with Gasteiger partial charge < -0.3 is 10.6 Å². The number of hydrogen-bond acceptors (Lipinski definition) is 2. The summed E-state index contributed by atoms with van der Waals surface area (Å²) in [7, 11) is 1.61. The number of carbonyl (C=O) groups excluding carboxylic acids is 1. The van der Waals surface area contributed by atoms with Gasteiger partial charge in [0.15, 0.2) is 0 Å². The fourth-order valence-corrected chi connectivity index (χ4v) is 1.44. The van der Waals surface area contributed by atoms with Crippen molar-refractivity contribution in [3.05, 3.63) is 28.8 Å². The molecule has 0 aliphatic rings. The van der Waals surface area contributed by atoms with Gasteiger partial charge in [-0.1, -0.05) is 25.4 Å². The molecule has 0 unspecified atom stereocenters. The molecular formula is C12H17ClN2O. The average molecular weight is 241 g/mol. The summed E-state index contributed by atoms with van der Waals surface area (Å²) in [5.41, 5.74) is 1.41. The fourth-order valence-electron chi connectivity index (χ4n) is 1.26. The summed E-state index contributed by atoms with van der Waals surface area (Å²) < 4.78 is 0. The zero-order chi connectivity index (χ0) is 12.1. The maximum atomic E-state index is 11.4. The molecule has 4 heteroatoms. The largest absolute Gasteiger partial charge is 0.384 e. The van der Waals surface area contributed by atoms with E-state index in [4.69, 9.17) is 11.6 Å². The SMILES string of the molecule is CNC(=O)c1ccc(Cl)c(NCC(C)C)c1. The highest BCUT2D eigenvalue weighted by Gasteiger charge is 2.07. The molecule has 2 N–H and O–H groups in total. The molecule has 0 saturated carbocycles. The molecule has 0 aliphatic heterocycles. The number of benzene rings is 1. The predicted molar refractivity (Wildman–Crippen MR) is 68.2 cm³/mol. The second-order valence-electron chi connectivity index (χ2n) is 4.05. The van der Waals surface area contributed by atoms with Crippen molar-refractivity contribution in [2.75, 3.05) is 18.9 Å². The standard InChI is InChI=1S/C12H17ClN2O/c1-8(2)7-15-11-6-9(12(16)14-3)4-5-10(11)13/h4-6,8,15H,7H2,1-3H3,(H,14,16). The van der Waals surface area contributed by atoms with Crippen LogP contribution in [0.25, 0.3) is 0 Å². The third kappa shape index (κ3) is 3.42. The monoisotopic (exact) mass is 240 g/mol. The molecule has 0 radical (unpaired) electrons. The Morgan fingerprint density at radius 2 is 2.12 bits per heavy atom. The Bertz CT molecular complexity index is 377. The van der Waals surface area contributed by atoms with E-state index >= 15 is 0 Å². The highest BCUT2D eigenvalue weighted by atomic mass is 35.5. The van der Waals surface area contributed by atoms with E-state index in [1.165, 1.54) is 0 Å². The van der Waals surface area contributed by atoms with Gasteiger partial charge in [0.25, 0.3) is 5.91 Å². The van der Waals surface area contributed by atoms with Crippen LogP contribution in [0.5, 0.6) is 0 Å². The molecule has 16 heavy (non-hydrogen) atoms. The van der Waals surface area contributed by atoms with Crippen molar-refractivity contribution >= 4 is 23.2 Å². The van der Waals surface area contributed by atoms with E-state index < -0.39 is 0 Å². The average Bonchev–Trinajstić information content (AvgIpc) is 2.26. The van der Waals surface area contributed by atoms with Gasteiger partial charge in [0.05, 0.1) is 10.7 Å². The van der Waals surface area contributed by atoms with Crippen LogP contribution >= 0.6 is 11.6 Å². The molecule has 1 rings (SSSR count). The third-order valence-electron chi connectivity index (χ3n) is 2.16. The van der Waals surface area contributed by atoms with Crippen LogP contribution in [-0.2, 0) is 0 Å². The van der Waals surface area contributed by atoms with Crippen LogP contribution in [0.3, 0.4) is 0 Å². The number of amides is 1. The molecule has 0 spiro atoms. The lowest BCUT2D eigenvalue weighted by molar-refractivity contribution is 0.0963. The third-order valence-corrected chi connectivity index (χ3v) is 2.49. The summed E-state index contributed by atoms with van der Waals surface area (Å²) in [6, 6.07) is 5.21. The molecule has 1 aromatic rings. The quantitative estimate of drug-likeness (QED) is 0.850. The zero-order valence-electron chi connectivity index (χ0n) is 9.80. The second-order valence-corrected chi connectivity index (χ2v) is 4.46. The van der Waals surface area contributed by atoms with Gasteiger partial charge in [-0.2, -0.15) is 0 Å². The van der Waals surface area contributed by atoms with E-state index in [2.05, 4.69) is 24.5 Å². The fraction of sp³-hybridized carbons (Fsp3) is 0.417. The number of hydrogen-bond donors (Lipinski definition) is 2. The first-order chi connectivity index (χ1) is 7.54. The molecule has 0 atom stereocenters. The summed E-state index contributed by atoms with van der Waals surface area (Å²) >= 11 is 6.03. The van der Waals surface area contributed by atoms with Gasteiger partial charge in [0.1, 0.15) is 0 Å². The second kappa shape index (κ2) is 5.75. The summed E-state index contributed by atoms with van der Waals surface area (Å²) in [6.45, 7) is 5.06. The lowest BCUT2D eigenvalue weighted by Gasteiger charge is -2.11. The smallest absolute Gasteiger partial charge is 0.251 e. The van der Waals surface area contributed by atoms with E-state index in [9.17, 15) is 4.79 Å². The Balaban J connectivity index is 2.86. The first kappa shape index (κ1) is 12.8. The van der Waals surface area contributed by atoms with Crippen molar-refractivity contribution in [3.8, 4) is 0 Å². The number of halogens is 1. The van der Waals surface area contributed by atoms with E-state index in [1.54, 1.807) is 25.2 Å². The van der Waals surface area contributed by atoms with E-state index in [0.717, 1.165) is 12.2 Å². The van der Waals surface area contributed by atoms with Gasteiger partial charge in [-0.3, -0.25) is 4.79 Å². The van der Waals surface area contributed by atoms with Gasteiger partial charge in [0, 0.05) is 19.2 Å². The van der Waals surface area contributed by atoms with Crippen molar-refractivity contribution in [1.82, 2.24) is 5.32 Å². The maximum Gasteiger partial charge on any atom is 0.251 e. The van der Waals surface area contributed by atoms with Crippen LogP contribution in [0.15, 0.2) is 18.2 Å². The van der Waals surface area contributed by atoms with Crippen LogP contribution in [0.2, 0.25) is 5.02 Å². The van der Waals surface area contributed by atoms with Crippen LogP contribution in [0.4, 0.5) is 5.69 Å². The van der Waals surface area contributed by atoms with Crippen molar-refractivity contribution < 1.29 is 4.79 Å². The van der Waals surface area contributed by atoms with Crippen LogP contribution in [-0.4, -0.2) is 19.5 Å². The predicted octanol–water partition coefficient (Wildman–Crippen LogP) is 2.77. The Morgan fingerprint density at radius 3 is 2.69 bits per heavy atom. The molecule has 1 aromatic carbocycles. The molecular weight excluding hydrogens is 224 g/mol. The summed E-state index contributed by atoms with van der Waals surface area (Å²) in [6.07, 6.45) is 0. The van der Waals surface area contributed by atoms with Crippen molar-refractivity contribution in [2.24, 2.45) is 5.92 Å². The maximum absolute atomic E-state index is 11.4. The number of carbonyl (C=O) groups is 1. The number of rotatable bonds is 4. The van der Waals surface area contributed by atoms with Gasteiger partial charge in [-0.25, -0.2) is 0 Å². The first-order valence-corrected chi connectivity index (χ1v) is 5.68. The molecule has 3 nitrogen and oxygen atoms in total. The van der Waals surface area contributed by atoms with E-state index in [1.807, 2.05) is 0 Å². The zero-order valence-corrected chi connectivity index (χ0v) is 10.6. The normalized spacial score (nSPS) is 10.3. The summed E-state index contributed by atoms with van der Waals surface area (Å²) in [5.74, 6) is 0.420. The number of nitrogens with one attached hydrogen (secondary N) is 2. The van der Waals surface area contributed by atoms with Crippen LogP contribution < -0.4 is 10.6 Å². The Kier molecular flexibility index (Phi) is 4.62. The van der Waals surface area contributed by atoms with Gasteiger partial charge in [-0.15, -0.1) is 0 Å². The Labute approximate surface area is 101 Å². The first-order valence-electron chi connectivity index (χ1n) is 5.30. The Hall–Kier alpha value is -1.22. The minimum atomic E-state index is -0.107. The molecule has 0 aromatic heterocycles. The molecule has 0 saturated heterocycles. The molecule has 0 aliphatic carbocycles. The lowest BCUT2D eigenvalue weighted by atomic mass is 10.1. The molecule has 0 heterocycles. The van der Waals surface area contributed by atoms with Gasteiger partial charge in [0.2, 0.25) is 0 Å². The minimum absolute atomic E-state index is 0.107. The molecule has 0 fully saturated rings. The van der Waals surface area contributed by atoms with E-state index in [-0.39, 0.29) is 5.91 Å². The van der Waals surface area contributed by atoms with Crippen LogP contribution in [0.1, 0.15) is 24.2 Å². The molecule has 1 amide bonds. The van der Waals surface area contributed by atoms with Crippen LogP contribution in [0, 0.1) is 5.92 Å². The molecule has 0 bridgehead atoms. The van der Waals surface area contributed by atoms with Gasteiger partial charge in [-0.05, 0) is 24.1 Å². The van der Waals surface area contributed by atoms with Gasteiger partial charge >= 0.3 is 0 Å². The van der Waals surface area contributed by atoms with E-state index in [0.29, 0.717) is 16.5 Å². The van der Waals surface area contributed by atoms with Crippen molar-refractivity contribution in [2.45, 2.75) is 13.8 Å². The topological polar surface area (TPSA) is 41.1 Å². The minimum Gasteiger partial charge on any atom is -0.384 e. The highest BCUT2D eigenvalue weighted by molar-refractivity contribution is 6.33. The van der Waals surface area contributed by atoms with Crippen molar-refractivity contribution in [1.29, 1.82) is 0 Å². The molecule has 88 valence electrons. The summed E-state index contributed by atoms with van der Waals surface area (Å²) in [5, 5.41) is 6.44. The highest BCUT2D eigenvalue weighted by Crippen LogP contribution is 2.23. The van der Waals surface area contributed by atoms with Crippen molar-refractivity contribution in [3.63, 3.8) is 0 Å². The Morgan fingerprint density at radius 1 is 1.44 bits per heavy atom. The number of anilines is 1. The lowest BCUT2D eigenvalue weighted by Crippen LogP contribution is -2.18. The summed E-state index contributed by atoms with van der Waals surface area (Å²) in [4.78, 5) is 11.4.